The van der Waals surface area contributed by atoms with E-state index in [1.54, 1.807) is 9.83 Å². The summed E-state index contributed by atoms with van der Waals surface area (Å²) >= 11 is 0. The van der Waals surface area contributed by atoms with Crippen molar-refractivity contribution in [3.8, 4) is 0 Å². The van der Waals surface area contributed by atoms with E-state index in [2.05, 4.69) is 4.36 Å². The van der Waals surface area contributed by atoms with Crippen LogP contribution in [0.15, 0.2) is 4.36 Å². The zero-order chi connectivity index (χ0) is 5.82. The average molecular weight is 168 g/mol. The first-order valence-corrected chi connectivity index (χ1v) is 6.44. The third-order valence-corrected chi connectivity index (χ3v) is 5.82. The van der Waals surface area contributed by atoms with Crippen molar-refractivity contribution < 1.29 is 0 Å². The summed E-state index contributed by atoms with van der Waals surface area (Å²) in [5.41, 5.74) is 0. The highest BCUT2D eigenvalue weighted by Crippen LogP contribution is 2.24. The summed E-state index contributed by atoms with van der Waals surface area (Å²) < 4.78 is 4.32. The minimum atomic E-state index is 0.252. The lowest BCUT2D eigenvalue weighted by molar-refractivity contribution is 0.993. The van der Waals surface area contributed by atoms with E-state index >= 15 is 0 Å². The zero-order valence-electron chi connectivity index (χ0n) is 4.37. The van der Waals surface area contributed by atoms with Crippen LogP contribution in [0.2, 0.25) is 0 Å². The molecular formula is C3H8N2S3. The maximum Gasteiger partial charge on any atom is 0.0476 e. The second kappa shape index (κ2) is 3.76. The standard InChI is InChI=1S/C3H8N2S3/c4-6-7-8-3-1-2-5-8/h1-4H2. The molecule has 0 radical (unpaired) electrons. The van der Waals surface area contributed by atoms with Crippen LogP contribution < -0.4 is 5.14 Å². The Morgan fingerprint density at radius 1 is 1.62 bits per heavy atom. The molecule has 8 heavy (non-hydrogen) atoms. The molecule has 1 aliphatic rings. The van der Waals surface area contributed by atoms with E-state index in [1.165, 1.54) is 23.2 Å². The predicted octanol–water partition coefficient (Wildman–Crippen LogP) is 1.36. The van der Waals surface area contributed by atoms with Crippen LogP contribution in [0.25, 0.3) is 0 Å². The molecule has 0 saturated heterocycles. The molecule has 0 amide bonds. The van der Waals surface area contributed by atoms with Crippen molar-refractivity contribution >= 4 is 30.5 Å². The van der Waals surface area contributed by atoms with Crippen LogP contribution in [0, 0.1) is 0 Å². The Morgan fingerprint density at radius 2 is 2.50 bits per heavy atom. The van der Waals surface area contributed by atoms with Crippen LogP contribution in [-0.2, 0) is 9.72 Å². The molecule has 1 atom stereocenters. The molecule has 2 nitrogen and oxygen atoms in total. The Kier molecular flexibility index (Phi) is 3.26. The third-order valence-electron chi connectivity index (χ3n) is 0.830. The molecule has 0 aromatic rings. The van der Waals surface area contributed by atoms with Gasteiger partial charge < -0.3 is 0 Å². The highest BCUT2D eigenvalue weighted by Gasteiger charge is 2.03. The van der Waals surface area contributed by atoms with Gasteiger partial charge in [0.15, 0.2) is 0 Å². The van der Waals surface area contributed by atoms with Gasteiger partial charge in [-0.25, -0.2) is 0 Å². The van der Waals surface area contributed by atoms with Gasteiger partial charge in [-0.3, -0.25) is 9.50 Å². The fraction of sp³-hybridized carbons (Fsp3) is 1.00. The number of rotatable bonds is 2. The molecule has 0 aliphatic carbocycles. The van der Waals surface area contributed by atoms with Gasteiger partial charge >= 0.3 is 0 Å². The number of nitrogens with zero attached hydrogens (tertiary/aromatic N) is 1. The van der Waals surface area contributed by atoms with Crippen molar-refractivity contribution in [1.82, 2.24) is 0 Å². The van der Waals surface area contributed by atoms with Crippen molar-refractivity contribution in [2.75, 3.05) is 12.3 Å². The van der Waals surface area contributed by atoms with Crippen molar-refractivity contribution in [2.45, 2.75) is 6.42 Å². The first-order chi connectivity index (χ1) is 3.93. The van der Waals surface area contributed by atoms with E-state index in [4.69, 9.17) is 5.14 Å². The molecule has 1 unspecified atom stereocenters. The van der Waals surface area contributed by atoms with Crippen molar-refractivity contribution in [3.63, 3.8) is 0 Å². The minimum absolute atomic E-state index is 0.252. The summed E-state index contributed by atoms with van der Waals surface area (Å²) in [4.78, 5) is 0. The smallest absolute Gasteiger partial charge is 0.0476 e. The third kappa shape index (κ3) is 1.97. The summed E-state index contributed by atoms with van der Waals surface area (Å²) in [6.07, 6.45) is 1.26. The molecule has 0 aromatic heterocycles. The largest absolute Gasteiger partial charge is 0.268 e. The average Bonchev–Trinajstić information content (AvgIpc) is 2.19. The van der Waals surface area contributed by atoms with Gasteiger partial charge in [0.2, 0.25) is 0 Å². The van der Waals surface area contributed by atoms with Gasteiger partial charge in [-0.15, -0.1) is 0 Å². The number of nitrogens with two attached hydrogens (primary N) is 1. The lowest BCUT2D eigenvalue weighted by Gasteiger charge is -1.91. The topological polar surface area (TPSA) is 38.4 Å². The van der Waals surface area contributed by atoms with Crippen molar-refractivity contribution in [2.24, 2.45) is 9.50 Å². The van der Waals surface area contributed by atoms with Gasteiger partial charge in [-0.05, 0) is 27.1 Å². The van der Waals surface area contributed by atoms with E-state index in [-0.39, 0.29) is 9.72 Å². The van der Waals surface area contributed by atoms with Crippen molar-refractivity contribution in [3.05, 3.63) is 0 Å². The summed E-state index contributed by atoms with van der Waals surface area (Å²) in [6.45, 7) is 1.05. The second-order valence-electron chi connectivity index (χ2n) is 1.40. The van der Waals surface area contributed by atoms with E-state index in [1.807, 2.05) is 0 Å². The normalized spacial score (nSPS) is 27.9. The molecule has 0 aromatic carbocycles. The Hall–Kier alpha value is 0.810. The first-order valence-electron chi connectivity index (χ1n) is 2.36. The molecule has 1 heterocycles. The van der Waals surface area contributed by atoms with Gasteiger partial charge in [-0.2, -0.15) is 0 Å². The van der Waals surface area contributed by atoms with Gasteiger partial charge in [-0.1, -0.05) is 0 Å². The Bertz CT molecular complexity index is 103. The van der Waals surface area contributed by atoms with Crippen molar-refractivity contribution in [1.29, 1.82) is 0 Å². The van der Waals surface area contributed by atoms with Crippen LogP contribution in [0.3, 0.4) is 0 Å². The highest BCUT2D eigenvalue weighted by molar-refractivity contribution is 9.05. The fourth-order valence-electron chi connectivity index (χ4n) is 0.520. The van der Waals surface area contributed by atoms with Crippen LogP contribution in [0.4, 0.5) is 0 Å². The fourth-order valence-corrected chi connectivity index (χ4v) is 4.56. The zero-order valence-corrected chi connectivity index (χ0v) is 6.82. The van der Waals surface area contributed by atoms with Crippen LogP contribution in [-0.4, -0.2) is 12.3 Å². The Labute approximate surface area is 59.0 Å². The minimum Gasteiger partial charge on any atom is -0.268 e. The van der Waals surface area contributed by atoms with E-state index in [0.717, 1.165) is 6.54 Å². The predicted molar refractivity (Wildman–Crippen MR) is 43.5 cm³/mol. The molecular weight excluding hydrogens is 160 g/mol. The molecule has 0 saturated carbocycles. The molecule has 2 N–H and O–H groups in total. The number of hydrogen-bond donors (Lipinski definition) is 1. The van der Waals surface area contributed by atoms with Gasteiger partial charge in [0.05, 0.1) is 0 Å². The molecule has 5 heteroatoms. The molecule has 0 bridgehead atoms. The highest BCUT2D eigenvalue weighted by atomic mass is 33.5. The van der Waals surface area contributed by atoms with Crippen LogP contribution in [0.1, 0.15) is 6.42 Å². The van der Waals surface area contributed by atoms with Crippen LogP contribution in [0.5, 0.6) is 0 Å². The van der Waals surface area contributed by atoms with E-state index < -0.39 is 0 Å². The monoisotopic (exact) mass is 168 g/mol. The Balaban J connectivity index is 2.23. The van der Waals surface area contributed by atoms with E-state index in [9.17, 15) is 0 Å². The van der Waals surface area contributed by atoms with Crippen LogP contribution >= 0.6 is 20.8 Å². The van der Waals surface area contributed by atoms with Gasteiger partial charge in [0, 0.05) is 22.1 Å². The number of hydrogen-bond acceptors (Lipinski definition) is 4. The lowest BCUT2D eigenvalue weighted by Crippen LogP contribution is -1.81. The van der Waals surface area contributed by atoms with E-state index in [0.29, 0.717) is 0 Å². The molecule has 0 spiro atoms. The molecule has 1 aliphatic heterocycles. The quantitative estimate of drug-likeness (QED) is 0.500. The molecule has 1 rings (SSSR count). The SMILES string of the molecule is NSSS1=NCCC1. The maximum absolute atomic E-state index is 5.23. The van der Waals surface area contributed by atoms with Gasteiger partial charge in [0.25, 0.3) is 0 Å². The molecule has 48 valence electrons. The Morgan fingerprint density at radius 3 is 3.00 bits per heavy atom. The summed E-state index contributed by atoms with van der Waals surface area (Å²) in [5, 5.41) is 5.23. The first kappa shape index (κ1) is 6.92. The summed E-state index contributed by atoms with van der Waals surface area (Å²) in [7, 11) is 3.28. The summed E-state index contributed by atoms with van der Waals surface area (Å²) in [6, 6.07) is 0. The second-order valence-corrected chi connectivity index (χ2v) is 6.40. The lowest BCUT2D eigenvalue weighted by atomic mass is 10.5. The summed E-state index contributed by atoms with van der Waals surface area (Å²) in [5.74, 6) is 1.24. The molecule has 0 fully saturated rings. The van der Waals surface area contributed by atoms with Gasteiger partial charge in [0.1, 0.15) is 0 Å². The maximum atomic E-state index is 5.23.